The highest BCUT2D eigenvalue weighted by Gasteiger charge is 2.30. The third-order valence-corrected chi connectivity index (χ3v) is 13.0. The predicted octanol–water partition coefficient (Wildman–Crippen LogP) is 17.7. The van der Waals surface area contributed by atoms with Gasteiger partial charge in [-0.15, -0.1) is 0 Å². The maximum Gasteiger partial charge on any atom is 0.149 e. The zero-order valence-corrected chi connectivity index (χ0v) is 40.2. The zero-order valence-electron chi connectivity index (χ0n) is 51.2. The number of imidazole rings is 1. The van der Waals surface area contributed by atoms with Crippen molar-refractivity contribution in [2.45, 2.75) is 78.3 Å². The second-order valence-electron chi connectivity index (χ2n) is 20.0. The molecule has 0 radical (unpaired) electrons. The first-order valence-corrected chi connectivity index (χ1v) is 23.5. The van der Waals surface area contributed by atoms with E-state index in [4.69, 9.17) is 17.3 Å². The summed E-state index contributed by atoms with van der Waals surface area (Å²) in [6.07, 6.45) is 1.51. The summed E-state index contributed by atoms with van der Waals surface area (Å²) in [7, 11) is 0. The van der Waals surface area contributed by atoms with Gasteiger partial charge in [-0.1, -0.05) is 208 Å². The van der Waals surface area contributed by atoms with Crippen LogP contribution in [0.25, 0.3) is 95.0 Å². The monoisotopic (exact) mass is 923 g/mol. The van der Waals surface area contributed by atoms with Crippen LogP contribution >= 0.6 is 0 Å². The standard InChI is InChI=1S/C66H61N3O/c1-64(2,3)52-37-50(36-51(38-52)58-40-49(34-35-67-58)46-30-28-45(29-31-46)43-20-13-10-14-21-43)54-26-19-27-60-61(54)68-63(56-41-53(65(4,5)6)42-57(62(56)70)66(7,8)9)69(60)59-33-32-48(44-22-15-11-16-23-44)39-55(59)47-24-17-12-18-25-47/h10-42,70H,1-9H3/i1D3,2D3,3D3,37D,38D. The number of para-hydroxylation sites is 1. The summed E-state index contributed by atoms with van der Waals surface area (Å²) in [4.78, 5) is 10.1. The maximum absolute atomic E-state index is 12.7. The Morgan fingerprint density at radius 2 is 1.03 bits per heavy atom. The molecule has 2 aromatic heterocycles. The van der Waals surface area contributed by atoms with Crippen LogP contribution in [-0.2, 0) is 16.2 Å². The average Bonchev–Trinajstić information content (AvgIpc) is 1.60. The molecule has 2 heterocycles. The molecule has 4 heteroatoms. The highest BCUT2D eigenvalue weighted by molar-refractivity contribution is 5.98. The van der Waals surface area contributed by atoms with Gasteiger partial charge in [-0.3, -0.25) is 9.55 Å². The molecule has 10 aromatic rings. The Hall–Kier alpha value is -7.82. The average molecular weight is 923 g/mol. The Bertz CT molecular complexity index is 3950. The van der Waals surface area contributed by atoms with Crippen LogP contribution < -0.4 is 0 Å². The molecule has 8 aromatic carbocycles. The number of nitrogens with zero attached hydrogens (tertiary/aromatic N) is 3. The first-order chi connectivity index (χ1) is 38.1. The summed E-state index contributed by atoms with van der Waals surface area (Å²) in [5.74, 6) is 0.313. The Morgan fingerprint density at radius 1 is 0.457 bits per heavy atom. The van der Waals surface area contributed by atoms with Gasteiger partial charge in [0.2, 0.25) is 0 Å². The third kappa shape index (κ3) is 8.98. The van der Waals surface area contributed by atoms with E-state index in [1.165, 1.54) is 12.3 Å². The van der Waals surface area contributed by atoms with Crippen LogP contribution in [0.15, 0.2) is 200 Å². The summed E-state index contributed by atoms with van der Waals surface area (Å²) in [6, 6.07) is 56.3. The first kappa shape index (κ1) is 34.5. The van der Waals surface area contributed by atoms with Crippen molar-refractivity contribution in [2.24, 2.45) is 0 Å². The van der Waals surface area contributed by atoms with Crippen LogP contribution in [0.2, 0.25) is 0 Å². The van der Waals surface area contributed by atoms with Gasteiger partial charge >= 0.3 is 0 Å². The Kier molecular flexibility index (Phi) is 8.82. The van der Waals surface area contributed by atoms with Gasteiger partial charge in [0.1, 0.15) is 11.6 Å². The molecule has 4 nitrogen and oxygen atoms in total. The van der Waals surface area contributed by atoms with Crippen LogP contribution in [0, 0.1) is 0 Å². The number of phenols is 1. The van der Waals surface area contributed by atoms with E-state index in [1.54, 1.807) is 24.3 Å². The molecule has 0 aliphatic carbocycles. The lowest BCUT2D eigenvalue weighted by molar-refractivity contribution is 0.446. The number of rotatable bonds is 8. The second-order valence-corrected chi connectivity index (χ2v) is 20.0. The van der Waals surface area contributed by atoms with Crippen molar-refractivity contribution >= 4 is 11.0 Å². The topological polar surface area (TPSA) is 50.9 Å². The molecule has 0 amide bonds. The molecule has 0 aliphatic heterocycles. The van der Waals surface area contributed by atoms with Crippen molar-refractivity contribution in [1.82, 2.24) is 14.5 Å². The molecule has 0 fully saturated rings. The minimum absolute atomic E-state index is 0.00133. The quantitative estimate of drug-likeness (QED) is 0.165. The number of pyridine rings is 1. The Labute approximate surface area is 429 Å². The van der Waals surface area contributed by atoms with Gasteiger partial charge in [-0.2, -0.15) is 0 Å². The van der Waals surface area contributed by atoms with E-state index in [0.717, 1.165) is 44.5 Å². The molecule has 346 valence electrons. The van der Waals surface area contributed by atoms with E-state index in [0.29, 0.717) is 33.7 Å². The molecule has 0 bridgehead atoms. The Balaban J connectivity index is 1.33. The van der Waals surface area contributed by atoms with Crippen molar-refractivity contribution in [1.29, 1.82) is 0 Å². The lowest BCUT2D eigenvalue weighted by Crippen LogP contribution is -2.17. The van der Waals surface area contributed by atoms with Gasteiger partial charge in [-0.05, 0) is 120 Å². The van der Waals surface area contributed by atoms with Gasteiger partial charge < -0.3 is 5.11 Å². The van der Waals surface area contributed by atoms with Gasteiger partial charge in [0.25, 0.3) is 0 Å². The second kappa shape index (κ2) is 17.9. The predicted molar refractivity (Wildman–Crippen MR) is 295 cm³/mol. The number of aromatic hydroxyl groups is 1. The summed E-state index contributed by atoms with van der Waals surface area (Å²) < 4.78 is 102. The van der Waals surface area contributed by atoms with Crippen molar-refractivity contribution in [3.8, 4) is 89.7 Å². The van der Waals surface area contributed by atoms with Gasteiger partial charge in [0, 0.05) is 40.8 Å². The summed E-state index contributed by atoms with van der Waals surface area (Å²) >= 11 is 0. The minimum Gasteiger partial charge on any atom is -0.507 e. The summed E-state index contributed by atoms with van der Waals surface area (Å²) in [5.41, 5.74) is 4.85. The normalized spacial score (nSPS) is 15.0. The van der Waals surface area contributed by atoms with E-state index >= 15 is 0 Å². The largest absolute Gasteiger partial charge is 0.507 e. The number of hydrogen-bond acceptors (Lipinski definition) is 3. The highest BCUT2D eigenvalue weighted by Crippen LogP contribution is 2.46. The third-order valence-electron chi connectivity index (χ3n) is 13.0. The number of hydrogen-bond donors (Lipinski definition) is 1. The van der Waals surface area contributed by atoms with Crippen LogP contribution in [0.4, 0.5) is 0 Å². The minimum atomic E-state index is -3.82. The van der Waals surface area contributed by atoms with Gasteiger partial charge in [0.05, 0.1) is 30.7 Å². The molecule has 0 saturated heterocycles. The van der Waals surface area contributed by atoms with E-state index in [2.05, 4.69) is 31.8 Å². The van der Waals surface area contributed by atoms with Gasteiger partial charge in [0.15, 0.2) is 0 Å². The van der Waals surface area contributed by atoms with E-state index in [-0.39, 0.29) is 33.7 Å². The Morgan fingerprint density at radius 3 is 1.66 bits per heavy atom. The highest BCUT2D eigenvalue weighted by atomic mass is 16.3. The van der Waals surface area contributed by atoms with E-state index in [1.807, 2.05) is 171 Å². The fourth-order valence-electron chi connectivity index (χ4n) is 9.17. The molecule has 0 atom stereocenters. The van der Waals surface area contributed by atoms with Crippen LogP contribution in [0.1, 0.15) is 93.9 Å². The number of phenolic OH excluding ortho intramolecular Hbond substituents is 1. The molecule has 0 unspecified atom stereocenters. The SMILES string of the molecule is [2H]c1c(-c2cc(-c3ccc(-c4ccccc4)cc3)ccn2)cc(-c2cccc3c2nc(-c2cc(C(C)(C)C)cc(C(C)(C)C)c2O)n3-c2ccc(-c3ccccc3)cc2-c2ccccc2)c([2H])c1C(C([2H])([2H])[2H])(C([2H])([2H])[2H])C([2H])([2H])[2H]. The van der Waals surface area contributed by atoms with Crippen molar-refractivity contribution in [3.63, 3.8) is 0 Å². The maximum atomic E-state index is 12.7. The lowest BCUT2D eigenvalue weighted by Gasteiger charge is -2.27. The summed E-state index contributed by atoms with van der Waals surface area (Å²) in [5, 5.41) is 12.7. The lowest BCUT2D eigenvalue weighted by atomic mass is 9.79. The fraction of sp³-hybridized carbons (Fsp3) is 0.182. The molecule has 0 aliphatic rings. The molecule has 1 N–H and O–H groups in total. The van der Waals surface area contributed by atoms with Gasteiger partial charge in [-0.25, -0.2) is 4.98 Å². The van der Waals surface area contributed by atoms with Crippen molar-refractivity contribution in [3.05, 3.63) is 217 Å². The van der Waals surface area contributed by atoms with Crippen LogP contribution in [-0.4, -0.2) is 19.6 Å². The molecule has 0 spiro atoms. The molecular formula is C66H61N3O. The van der Waals surface area contributed by atoms with Crippen molar-refractivity contribution < 1.29 is 20.2 Å². The molecular weight excluding hydrogens is 851 g/mol. The van der Waals surface area contributed by atoms with Crippen LogP contribution in [0.5, 0.6) is 5.75 Å². The summed E-state index contributed by atoms with van der Waals surface area (Å²) in [6.45, 7) is 0.914. The molecule has 0 saturated carbocycles. The fourth-order valence-corrected chi connectivity index (χ4v) is 9.17. The number of aromatic nitrogens is 3. The molecule has 70 heavy (non-hydrogen) atoms. The van der Waals surface area contributed by atoms with E-state index in [9.17, 15) is 7.85 Å². The zero-order chi connectivity index (χ0) is 58.2. The first-order valence-electron chi connectivity index (χ1n) is 29.0. The number of fused-ring (bicyclic) bond motifs is 1. The molecule has 10 rings (SSSR count). The van der Waals surface area contributed by atoms with Crippen LogP contribution in [0.3, 0.4) is 0 Å². The number of benzene rings is 8. The van der Waals surface area contributed by atoms with Crippen molar-refractivity contribution in [2.75, 3.05) is 0 Å². The smallest absolute Gasteiger partial charge is 0.149 e. The van der Waals surface area contributed by atoms with E-state index < -0.39 is 54.4 Å².